The van der Waals surface area contributed by atoms with Crippen molar-refractivity contribution in [2.24, 2.45) is 0 Å². The lowest BCUT2D eigenvalue weighted by Crippen LogP contribution is -2.06. The summed E-state index contributed by atoms with van der Waals surface area (Å²) in [4.78, 5) is 0. The van der Waals surface area contributed by atoms with Crippen LogP contribution in [0.3, 0.4) is 0 Å². The zero-order chi connectivity index (χ0) is 14.0. The second-order valence-corrected chi connectivity index (χ2v) is 4.30. The molecule has 19 heavy (non-hydrogen) atoms. The molecule has 2 aromatic rings. The van der Waals surface area contributed by atoms with E-state index in [4.69, 9.17) is 0 Å². The molecule has 100 valence electrons. The van der Waals surface area contributed by atoms with Gasteiger partial charge >= 0.3 is 0 Å². The van der Waals surface area contributed by atoms with Gasteiger partial charge in [-0.2, -0.15) is 0 Å². The molecule has 0 spiro atoms. The van der Waals surface area contributed by atoms with E-state index in [-0.39, 0.29) is 11.1 Å². The SMILES string of the molecule is CCC(c1cc(F)cc(F)c1)c1c(F)cccc1F. The van der Waals surface area contributed by atoms with Gasteiger partial charge in [-0.15, -0.1) is 0 Å². The summed E-state index contributed by atoms with van der Waals surface area (Å²) in [6.07, 6.45) is 0.334. The van der Waals surface area contributed by atoms with Crippen molar-refractivity contribution in [1.29, 1.82) is 0 Å². The molecule has 1 unspecified atom stereocenters. The zero-order valence-corrected chi connectivity index (χ0v) is 10.3. The van der Waals surface area contributed by atoms with Crippen molar-refractivity contribution in [1.82, 2.24) is 0 Å². The summed E-state index contributed by atoms with van der Waals surface area (Å²) in [6, 6.07) is 6.46. The molecular formula is C15H12F4. The Labute approximate surface area is 108 Å². The summed E-state index contributed by atoms with van der Waals surface area (Å²) in [5, 5.41) is 0. The Kier molecular flexibility index (Phi) is 3.88. The molecule has 0 aliphatic rings. The molecule has 2 rings (SSSR count). The maximum atomic E-state index is 13.7. The Morgan fingerprint density at radius 1 is 0.895 bits per heavy atom. The van der Waals surface area contributed by atoms with Crippen LogP contribution < -0.4 is 0 Å². The Morgan fingerprint density at radius 2 is 1.42 bits per heavy atom. The van der Waals surface area contributed by atoms with E-state index in [0.29, 0.717) is 6.42 Å². The van der Waals surface area contributed by atoms with Crippen LogP contribution >= 0.6 is 0 Å². The van der Waals surface area contributed by atoms with Crippen molar-refractivity contribution < 1.29 is 17.6 Å². The fraction of sp³-hybridized carbons (Fsp3) is 0.200. The summed E-state index contributed by atoms with van der Waals surface area (Å²) in [7, 11) is 0. The number of rotatable bonds is 3. The van der Waals surface area contributed by atoms with Crippen molar-refractivity contribution in [2.75, 3.05) is 0 Å². The third kappa shape index (κ3) is 2.78. The van der Waals surface area contributed by atoms with Gasteiger partial charge in [-0.25, -0.2) is 17.6 Å². The lowest BCUT2D eigenvalue weighted by molar-refractivity contribution is 0.530. The fourth-order valence-electron chi connectivity index (χ4n) is 2.23. The molecule has 0 aliphatic carbocycles. The van der Waals surface area contributed by atoms with Crippen LogP contribution in [0.5, 0.6) is 0 Å². The Morgan fingerprint density at radius 3 is 1.89 bits per heavy atom. The first-order chi connectivity index (χ1) is 9.02. The van der Waals surface area contributed by atoms with E-state index in [2.05, 4.69) is 0 Å². The number of halogens is 4. The van der Waals surface area contributed by atoms with E-state index < -0.39 is 29.2 Å². The molecule has 0 saturated carbocycles. The van der Waals surface area contributed by atoms with Crippen LogP contribution in [0.25, 0.3) is 0 Å². The van der Waals surface area contributed by atoms with Crippen LogP contribution in [0.4, 0.5) is 17.6 Å². The molecule has 0 radical (unpaired) electrons. The fourth-order valence-corrected chi connectivity index (χ4v) is 2.23. The second-order valence-electron chi connectivity index (χ2n) is 4.30. The van der Waals surface area contributed by atoms with E-state index in [9.17, 15) is 17.6 Å². The Bertz CT molecular complexity index is 552. The van der Waals surface area contributed by atoms with E-state index in [1.165, 1.54) is 6.07 Å². The van der Waals surface area contributed by atoms with Crippen LogP contribution in [-0.2, 0) is 0 Å². The van der Waals surface area contributed by atoms with Crippen LogP contribution in [0.2, 0.25) is 0 Å². The Balaban J connectivity index is 2.56. The molecule has 0 nitrogen and oxygen atoms in total. The summed E-state index contributed by atoms with van der Waals surface area (Å²) >= 11 is 0. The molecular weight excluding hydrogens is 256 g/mol. The summed E-state index contributed by atoms with van der Waals surface area (Å²) in [5.74, 6) is -3.66. The molecule has 2 aromatic carbocycles. The third-order valence-corrected chi connectivity index (χ3v) is 3.04. The van der Waals surface area contributed by atoms with Crippen LogP contribution in [0.15, 0.2) is 36.4 Å². The predicted molar refractivity (Wildman–Crippen MR) is 64.9 cm³/mol. The Hall–Kier alpha value is -1.84. The molecule has 1 atom stereocenters. The van der Waals surface area contributed by atoms with Crippen molar-refractivity contribution in [2.45, 2.75) is 19.3 Å². The van der Waals surface area contributed by atoms with Gasteiger partial charge in [0.1, 0.15) is 23.3 Å². The topological polar surface area (TPSA) is 0 Å². The third-order valence-electron chi connectivity index (χ3n) is 3.04. The first-order valence-electron chi connectivity index (χ1n) is 5.92. The van der Waals surface area contributed by atoms with Crippen LogP contribution in [0.1, 0.15) is 30.4 Å². The number of hydrogen-bond acceptors (Lipinski definition) is 0. The quantitative estimate of drug-likeness (QED) is 0.702. The van der Waals surface area contributed by atoms with Crippen molar-refractivity contribution >= 4 is 0 Å². The van der Waals surface area contributed by atoms with Gasteiger partial charge in [-0.3, -0.25) is 0 Å². The van der Waals surface area contributed by atoms with Gasteiger partial charge < -0.3 is 0 Å². The average Bonchev–Trinajstić information content (AvgIpc) is 2.32. The highest BCUT2D eigenvalue weighted by molar-refractivity contribution is 5.34. The maximum absolute atomic E-state index is 13.7. The zero-order valence-electron chi connectivity index (χ0n) is 10.3. The van der Waals surface area contributed by atoms with Gasteiger partial charge in [0.2, 0.25) is 0 Å². The molecule has 0 saturated heterocycles. The van der Waals surface area contributed by atoms with Crippen LogP contribution in [-0.4, -0.2) is 0 Å². The van der Waals surface area contributed by atoms with Crippen LogP contribution in [0, 0.1) is 23.3 Å². The van der Waals surface area contributed by atoms with Gasteiger partial charge in [0.15, 0.2) is 0 Å². The van der Waals surface area contributed by atoms with Gasteiger partial charge in [-0.1, -0.05) is 13.0 Å². The standard InChI is InChI=1S/C15H12F4/c1-2-12(9-6-10(16)8-11(17)7-9)15-13(18)4-3-5-14(15)19/h3-8,12H,2H2,1H3. The lowest BCUT2D eigenvalue weighted by atomic mass is 9.88. The molecule has 0 amide bonds. The van der Waals surface area contributed by atoms with Gasteiger partial charge in [0.05, 0.1) is 0 Å². The first kappa shape index (κ1) is 13.6. The minimum atomic E-state index is -0.759. The van der Waals surface area contributed by atoms with Crippen molar-refractivity contribution in [3.05, 3.63) is 70.8 Å². The summed E-state index contributed by atoms with van der Waals surface area (Å²) < 4.78 is 53.9. The van der Waals surface area contributed by atoms with E-state index in [1.54, 1.807) is 6.92 Å². The van der Waals surface area contributed by atoms with Gasteiger partial charge in [0.25, 0.3) is 0 Å². The molecule has 0 bridgehead atoms. The van der Waals surface area contributed by atoms with Crippen molar-refractivity contribution in [3.63, 3.8) is 0 Å². The molecule has 0 fully saturated rings. The van der Waals surface area contributed by atoms with Gasteiger partial charge in [0, 0.05) is 17.5 Å². The second kappa shape index (κ2) is 5.43. The minimum absolute atomic E-state index is 0.157. The molecule has 0 heterocycles. The number of benzene rings is 2. The molecule has 0 aliphatic heterocycles. The minimum Gasteiger partial charge on any atom is -0.207 e. The maximum Gasteiger partial charge on any atom is 0.129 e. The average molecular weight is 268 g/mol. The molecule has 4 heteroatoms. The van der Waals surface area contributed by atoms with Crippen molar-refractivity contribution in [3.8, 4) is 0 Å². The monoisotopic (exact) mass is 268 g/mol. The lowest BCUT2D eigenvalue weighted by Gasteiger charge is -2.17. The van der Waals surface area contributed by atoms with E-state index >= 15 is 0 Å². The first-order valence-corrected chi connectivity index (χ1v) is 5.92. The summed E-state index contributed by atoms with van der Waals surface area (Å²) in [6.45, 7) is 1.71. The molecule has 0 N–H and O–H groups in total. The van der Waals surface area contributed by atoms with E-state index in [1.807, 2.05) is 0 Å². The largest absolute Gasteiger partial charge is 0.207 e. The normalized spacial score (nSPS) is 12.5. The highest BCUT2D eigenvalue weighted by Crippen LogP contribution is 2.32. The van der Waals surface area contributed by atoms with Gasteiger partial charge in [-0.05, 0) is 36.2 Å². The molecule has 0 aromatic heterocycles. The highest BCUT2D eigenvalue weighted by atomic mass is 19.1. The van der Waals surface area contributed by atoms with E-state index in [0.717, 1.165) is 30.3 Å². The summed E-state index contributed by atoms with van der Waals surface area (Å²) in [5.41, 5.74) is 0.0685. The number of hydrogen-bond donors (Lipinski definition) is 0. The predicted octanol–water partition coefficient (Wildman–Crippen LogP) is 4.78. The highest BCUT2D eigenvalue weighted by Gasteiger charge is 2.21. The smallest absolute Gasteiger partial charge is 0.129 e.